The summed E-state index contributed by atoms with van der Waals surface area (Å²) < 4.78 is 5.53. The van der Waals surface area contributed by atoms with Crippen molar-refractivity contribution in [3.8, 4) is 0 Å². The summed E-state index contributed by atoms with van der Waals surface area (Å²) in [4.78, 5) is 19.1. The number of hydrogen-bond donors (Lipinski definition) is 0. The molecule has 24 heavy (non-hydrogen) atoms. The van der Waals surface area contributed by atoms with E-state index in [-0.39, 0.29) is 12.0 Å². The van der Waals surface area contributed by atoms with Gasteiger partial charge in [0.2, 0.25) is 0 Å². The van der Waals surface area contributed by atoms with E-state index in [0.717, 1.165) is 58.7 Å². The minimum Gasteiger partial charge on any atom is -0.372 e. The van der Waals surface area contributed by atoms with Gasteiger partial charge in [0.25, 0.3) is 5.91 Å². The van der Waals surface area contributed by atoms with E-state index in [0.29, 0.717) is 0 Å². The van der Waals surface area contributed by atoms with Gasteiger partial charge in [-0.15, -0.1) is 0 Å². The lowest BCUT2D eigenvalue weighted by Gasteiger charge is -2.37. The van der Waals surface area contributed by atoms with Crippen LogP contribution in [0.5, 0.6) is 0 Å². The first-order chi connectivity index (χ1) is 11.7. The van der Waals surface area contributed by atoms with Gasteiger partial charge in [-0.2, -0.15) is 0 Å². The Morgan fingerprint density at radius 3 is 2.33 bits per heavy atom. The molecular formula is C19H29N3O2. The van der Waals surface area contributed by atoms with Gasteiger partial charge in [-0.1, -0.05) is 0 Å². The minimum absolute atomic E-state index is 0.184. The topological polar surface area (TPSA) is 36.0 Å². The molecule has 2 aliphatic heterocycles. The summed E-state index contributed by atoms with van der Waals surface area (Å²) >= 11 is 0. The molecule has 2 heterocycles. The number of carbonyl (C=O) groups excluding carboxylic acids is 1. The van der Waals surface area contributed by atoms with Crippen LogP contribution in [-0.2, 0) is 9.53 Å². The van der Waals surface area contributed by atoms with E-state index in [4.69, 9.17) is 4.74 Å². The van der Waals surface area contributed by atoms with Gasteiger partial charge in [-0.3, -0.25) is 4.79 Å². The SMILES string of the molecule is CCN(CC)c1ccc(N2CCN(C(=O)C3CCCO3)CC2)cc1. The quantitative estimate of drug-likeness (QED) is 0.830. The molecular weight excluding hydrogens is 302 g/mol. The number of rotatable bonds is 5. The maximum absolute atomic E-state index is 12.4. The van der Waals surface area contributed by atoms with Gasteiger partial charge in [-0.25, -0.2) is 0 Å². The fraction of sp³-hybridized carbons (Fsp3) is 0.632. The number of benzene rings is 1. The van der Waals surface area contributed by atoms with Crippen LogP contribution in [0.1, 0.15) is 26.7 Å². The Morgan fingerprint density at radius 2 is 1.79 bits per heavy atom. The first-order valence-electron chi connectivity index (χ1n) is 9.23. The summed E-state index contributed by atoms with van der Waals surface area (Å²) in [6.07, 6.45) is 1.70. The zero-order chi connectivity index (χ0) is 16.9. The normalized spacial score (nSPS) is 21.2. The fourth-order valence-electron chi connectivity index (χ4n) is 3.62. The van der Waals surface area contributed by atoms with Crippen LogP contribution in [0.3, 0.4) is 0 Å². The third-order valence-corrected chi connectivity index (χ3v) is 5.14. The van der Waals surface area contributed by atoms with Crippen molar-refractivity contribution in [1.29, 1.82) is 0 Å². The second-order valence-electron chi connectivity index (χ2n) is 6.50. The van der Waals surface area contributed by atoms with Crippen molar-refractivity contribution in [2.24, 2.45) is 0 Å². The maximum Gasteiger partial charge on any atom is 0.251 e. The molecule has 0 aromatic heterocycles. The number of hydrogen-bond acceptors (Lipinski definition) is 4. The van der Waals surface area contributed by atoms with Crippen LogP contribution >= 0.6 is 0 Å². The Hall–Kier alpha value is -1.75. The molecule has 0 aliphatic carbocycles. The van der Waals surface area contributed by atoms with E-state index in [1.807, 2.05) is 4.90 Å². The molecule has 132 valence electrons. The van der Waals surface area contributed by atoms with Crippen LogP contribution in [0.15, 0.2) is 24.3 Å². The highest BCUT2D eigenvalue weighted by atomic mass is 16.5. The lowest BCUT2D eigenvalue weighted by Crippen LogP contribution is -2.51. The Morgan fingerprint density at radius 1 is 1.12 bits per heavy atom. The van der Waals surface area contributed by atoms with Crippen LogP contribution in [0, 0.1) is 0 Å². The molecule has 2 saturated heterocycles. The molecule has 1 atom stereocenters. The zero-order valence-electron chi connectivity index (χ0n) is 14.9. The third kappa shape index (κ3) is 3.66. The predicted octanol–water partition coefficient (Wildman–Crippen LogP) is 2.36. The van der Waals surface area contributed by atoms with E-state index >= 15 is 0 Å². The second-order valence-corrected chi connectivity index (χ2v) is 6.50. The molecule has 2 aliphatic rings. The Kier molecular flexibility index (Phi) is 5.61. The summed E-state index contributed by atoms with van der Waals surface area (Å²) in [5, 5.41) is 0. The smallest absolute Gasteiger partial charge is 0.251 e. The van der Waals surface area contributed by atoms with E-state index in [2.05, 4.69) is 47.9 Å². The number of anilines is 2. The zero-order valence-corrected chi connectivity index (χ0v) is 14.9. The minimum atomic E-state index is -0.190. The molecule has 5 nitrogen and oxygen atoms in total. The predicted molar refractivity (Wildman–Crippen MR) is 97.8 cm³/mol. The highest BCUT2D eigenvalue weighted by molar-refractivity contribution is 5.81. The monoisotopic (exact) mass is 331 g/mol. The Balaban J connectivity index is 1.55. The van der Waals surface area contributed by atoms with Gasteiger partial charge < -0.3 is 19.4 Å². The molecule has 0 radical (unpaired) electrons. The van der Waals surface area contributed by atoms with Crippen molar-refractivity contribution in [2.75, 3.05) is 55.7 Å². The lowest BCUT2D eigenvalue weighted by atomic mass is 10.2. The molecule has 0 bridgehead atoms. The summed E-state index contributed by atoms with van der Waals surface area (Å²) in [5.41, 5.74) is 2.52. The summed E-state index contributed by atoms with van der Waals surface area (Å²) in [6, 6.07) is 8.80. The van der Waals surface area contributed by atoms with Crippen LogP contribution < -0.4 is 9.80 Å². The first-order valence-corrected chi connectivity index (χ1v) is 9.23. The molecule has 0 N–H and O–H groups in total. The highest BCUT2D eigenvalue weighted by Crippen LogP contribution is 2.23. The number of ether oxygens (including phenoxy) is 1. The maximum atomic E-state index is 12.4. The molecule has 1 unspecified atom stereocenters. The largest absolute Gasteiger partial charge is 0.372 e. The standard InChI is InChI=1S/C19H29N3O2/c1-3-20(4-2)16-7-9-17(10-8-16)21-11-13-22(14-12-21)19(23)18-6-5-15-24-18/h7-10,18H,3-6,11-15H2,1-2H3. The molecule has 1 aromatic rings. The number of carbonyl (C=O) groups is 1. The third-order valence-electron chi connectivity index (χ3n) is 5.14. The van der Waals surface area contributed by atoms with Gasteiger partial charge >= 0.3 is 0 Å². The van der Waals surface area contributed by atoms with Gasteiger partial charge in [-0.05, 0) is 51.0 Å². The van der Waals surface area contributed by atoms with Crippen LogP contribution in [-0.4, -0.2) is 62.8 Å². The van der Waals surface area contributed by atoms with Crippen molar-refractivity contribution < 1.29 is 9.53 Å². The summed E-state index contributed by atoms with van der Waals surface area (Å²) in [6.45, 7) is 10.5. The Bertz CT molecular complexity index is 528. The summed E-state index contributed by atoms with van der Waals surface area (Å²) in [5.74, 6) is 0.184. The number of nitrogens with zero attached hydrogens (tertiary/aromatic N) is 3. The van der Waals surface area contributed by atoms with Crippen molar-refractivity contribution in [2.45, 2.75) is 32.8 Å². The molecule has 1 amide bonds. The first kappa shape index (κ1) is 17.1. The van der Waals surface area contributed by atoms with Crippen molar-refractivity contribution >= 4 is 17.3 Å². The number of amides is 1. The molecule has 0 saturated carbocycles. The van der Waals surface area contributed by atoms with Crippen LogP contribution in [0.4, 0.5) is 11.4 Å². The molecule has 2 fully saturated rings. The fourth-order valence-corrected chi connectivity index (χ4v) is 3.62. The molecule has 1 aromatic carbocycles. The lowest BCUT2D eigenvalue weighted by molar-refractivity contribution is -0.141. The Labute approximate surface area is 145 Å². The molecule has 5 heteroatoms. The summed E-state index contributed by atoms with van der Waals surface area (Å²) in [7, 11) is 0. The van der Waals surface area contributed by atoms with Gasteiger partial charge in [0.1, 0.15) is 6.10 Å². The molecule has 3 rings (SSSR count). The van der Waals surface area contributed by atoms with E-state index in [1.165, 1.54) is 11.4 Å². The van der Waals surface area contributed by atoms with Crippen molar-refractivity contribution in [3.05, 3.63) is 24.3 Å². The van der Waals surface area contributed by atoms with Crippen molar-refractivity contribution in [1.82, 2.24) is 4.90 Å². The van der Waals surface area contributed by atoms with E-state index < -0.39 is 0 Å². The van der Waals surface area contributed by atoms with Gasteiger partial charge in [0, 0.05) is 57.3 Å². The highest BCUT2D eigenvalue weighted by Gasteiger charge is 2.30. The van der Waals surface area contributed by atoms with E-state index in [1.54, 1.807) is 0 Å². The average Bonchev–Trinajstić information content (AvgIpc) is 3.18. The van der Waals surface area contributed by atoms with Gasteiger partial charge in [0.15, 0.2) is 0 Å². The molecule has 0 spiro atoms. The average molecular weight is 331 g/mol. The van der Waals surface area contributed by atoms with Crippen LogP contribution in [0.2, 0.25) is 0 Å². The van der Waals surface area contributed by atoms with E-state index in [9.17, 15) is 4.79 Å². The van der Waals surface area contributed by atoms with Crippen LogP contribution in [0.25, 0.3) is 0 Å². The van der Waals surface area contributed by atoms with Gasteiger partial charge in [0.05, 0.1) is 0 Å². The number of piperazine rings is 1. The van der Waals surface area contributed by atoms with Crippen molar-refractivity contribution in [3.63, 3.8) is 0 Å². The second kappa shape index (κ2) is 7.88.